The maximum atomic E-state index is 12.1. The lowest BCUT2D eigenvalue weighted by molar-refractivity contribution is -0.145. The zero-order valence-corrected chi connectivity index (χ0v) is 14.7. The number of carbonyl (C=O) groups is 1. The number of nitrogens with one attached hydrogen (secondary N) is 1. The molecule has 0 saturated heterocycles. The Labute approximate surface area is 145 Å². The van der Waals surface area contributed by atoms with Gasteiger partial charge in [0.05, 0.1) is 6.61 Å². The number of benzene rings is 2. The Kier molecular flexibility index (Phi) is 6.86. The van der Waals surface area contributed by atoms with E-state index in [1.807, 2.05) is 37.3 Å². The maximum absolute atomic E-state index is 12.1. The molecule has 2 aromatic rings. The van der Waals surface area contributed by atoms with E-state index in [9.17, 15) is 4.79 Å². The lowest BCUT2D eigenvalue weighted by Crippen LogP contribution is -2.39. The zero-order valence-electron chi connectivity index (χ0n) is 12.6. The van der Waals surface area contributed by atoms with Crippen LogP contribution in [-0.4, -0.2) is 18.6 Å². The highest BCUT2D eigenvalue weighted by atomic mass is 127. The smallest absolute Gasteiger partial charge is 0.323 e. The quantitative estimate of drug-likeness (QED) is 0.562. The summed E-state index contributed by atoms with van der Waals surface area (Å²) in [6.45, 7) is 2.88. The summed E-state index contributed by atoms with van der Waals surface area (Å²) in [6, 6.07) is 17.9. The minimum absolute atomic E-state index is 0.197. The molecule has 0 spiro atoms. The van der Waals surface area contributed by atoms with Gasteiger partial charge in [-0.2, -0.15) is 0 Å². The SMILES string of the molecule is CCOC(=O)C(Cc1ccc(I)cc1)NCc1ccccc1. The van der Waals surface area contributed by atoms with Gasteiger partial charge in [-0.15, -0.1) is 0 Å². The first kappa shape index (κ1) is 17.0. The molecule has 0 radical (unpaired) electrons. The molecular formula is C18H20INO2. The molecule has 0 aliphatic carbocycles. The fraction of sp³-hybridized carbons (Fsp3) is 0.278. The van der Waals surface area contributed by atoms with Crippen LogP contribution in [0.3, 0.4) is 0 Å². The van der Waals surface area contributed by atoms with Crippen molar-refractivity contribution in [3.8, 4) is 0 Å². The van der Waals surface area contributed by atoms with Gasteiger partial charge in [-0.25, -0.2) is 0 Å². The van der Waals surface area contributed by atoms with E-state index >= 15 is 0 Å². The molecule has 22 heavy (non-hydrogen) atoms. The van der Waals surface area contributed by atoms with Gasteiger partial charge >= 0.3 is 5.97 Å². The van der Waals surface area contributed by atoms with Crippen molar-refractivity contribution >= 4 is 28.6 Å². The first-order valence-corrected chi connectivity index (χ1v) is 8.45. The van der Waals surface area contributed by atoms with Gasteiger partial charge in [0.1, 0.15) is 6.04 Å². The molecule has 0 bridgehead atoms. The van der Waals surface area contributed by atoms with E-state index in [0.29, 0.717) is 19.6 Å². The molecule has 0 fully saturated rings. The Hall–Kier alpha value is -1.40. The molecule has 2 rings (SSSR count). The van der Waals surface area contributed by atoms with E-state index in [2.05, 4.69) is 52.2 Å². The van der Waals surface area contributed by atoms with Gasteiger partial charge in [0, 0.05) is 10.1 Å². The van der Waals surface area contributed by atoms with Gasteiger partial charge in [-0.3, -0.25) is 4.79 Å². The van der Waals surface area contributed by atoms with Crippen molar-refractivity contribution < 1.29 is 9.53 Å². The molecule has 1 N–H and O–H groups in total. The Morgan fingerprint density at radius 1 is 1.09 bits per heavy atom. The van der Waals surface area contributed by atoms with E-state index in [4.69, 9.17) is 4.74 Å². The van der Waals surface area contributed by atoms with Crippen LogP contribution in [0.5, 0.6) is 0 Å². The number of carbonyl (C=O) groups excluding carboxylic acids is 1. The largest absolute Gasteiger partial charge is 0.465 e. The summed E-state index contributed by atoms with van der Waals surface area (Å²) in [7, 11) is 0. The van der Waals surface area contributed by atoms with Gasteiger partial charge in [-0.1, -0.05) is 42.5 Å². The minimum atomic E-state index is -0.333. The van der Waals surface area contributed by atoms with Crippen molar-refractivity contribution in [2.75, 3.05) is 6.61 Å². The lowest BCUT2D eigenvalue weighted by Gasteiger charge is -2.17. The normalized spacial score (nSPS) is 11.9. The Morgan fingerprint density at radius 3 is 2.41 bits per heavy atom. The number of hydrogen-bond donors (Lipinski definition) is 1. The second-order valence-corrected chi connectivity index (χ2v) is 6.25. The van der Waals surface area contributed by atoms with E-state index in [-0.39, 0.29) is 12.0 Å². The summed E-state index contributed by atoms with van der Waals surface area (Å²) in [5.74, 6) is -0.197. The summed E-state index contributed by atoms with van der Waals surface area (Å²) < 4.78 is 6.37. The van der Waals surface area contributed by atoms with E-state index in [1.54, 1.807) is 0 Å². The zero-order chi connectivity index (χ0) is 15.8. The average Bonchev–Trinajstić information content (AvgIpc) is 2.54. The highest BCUT2D eigenvalue weighted by molar-refractivity contribution is 14.1. The van der Waals surface area contributed by atoms with Gasteiger partial charge in [0.2, 0.25) is 0 Å². The third-order valence-corrected chi connectivity index (χ3v) is 4.04. The fourth-order valence-corrected chi connectivity index (χ4v) is 2.53. The van der Waals surface area contributed by atoms with Crippen molar-refractivity contribution in [1.29, 1.82) is 0 Å². The standard InChI is InChI=1S/C18H20INO2/c1-2-22-18(21)17(12-14-8-10-16(19)11-9-14)20-13-15-6-4-3-5-7-15/h3-11,17,20H,2,12-13H2,1H3. The summed E-state index contributed by atoms with van der Waals surface area (Å²) >= 11 is 2.27. The summed E-state index contributed by atoms with van der Waals surface area (Å²) in [5.41, 5.74) is 2.28. The monoisotopic (exact) mass is 409 g/mol. The molecule has 1 unspecified atom stereocenters. The van der Waals surface area contributed by atoms with Gasteiger partial charge in [-0.05, 0) is 59.2 Å². The van der Waals surface area contributed by atoms with Crippen LogP contribution in [-0.2, 0) is 22.5 Å². The average molecular weight is 409 g/mol. The van der Waals surface area contributed by atoms with Gasteiger partial charge in [0.25, 0.3) is 0 Å². The van der Waals surface area contributed by atoms with E-state index in [1.165, 1.54) is 3.57 Å². The second-order valence-electron chi connectivity index (χ2n) is 5.00. The summed E-state index contributed by atoms with van der Waals surface area (Å²) in [6.07, 6.45) is 0.628. The molecule has 0 aliphatic rings. The lowest BCUT2D eigenvalue weighted by atomic mass is 10.1. The number of hydrogen-bond acceptors (Lipinski definition) is 3. The predicted octanol–water partition coefficient (Wildman–Crippen LogP) is 3.56. The number of halogens is 1. The third kappa shape index (κ3) is 5.42. The first-order chi connectivity index (χ1) is 10.7. The van der Waals surface area contributed by atoms with Crippen molar-refractivity contribution in [1.82, 2.24) is 5.32 Å². The van der Waals surface area contributed by atoms with Crippen LogP contribution >= 0.6 is 22.6 Å². The first-order valence-electron chi connectivity index (χ1n) is 7.37. The molecule has 0 aliphatic heterocycles. The van der Waals surface area contributed by atoms with Crippen LogP contribution in [0.15, 0.2) is 54.6 Å². The molecule has 1 atom stereocenters. The van der Waals surface area contributed by atoms with E-state index < -0.39 is 0 Å². The molecule has 2 aromatic carbocycles. The van der Waals surface area contributed by atoms with Crippen LogP contribution in [0.1, 0.15) is 18.1 Å². The Balaban J connectivity index is 2.02. The Morgan fingerprint density at radius 2 is 1.77 bits per heavy atom. The highest BCUT2D eigenvalue weighted by Gasteiger charge is 2.19. The molecule has 4 heteroatoms. The number of rotatable bonds is 7. The van der Waals surface area contributed by atoms with Crippen molar-refractivity contribution in [2.45, 2.75) is 25.9 Å². The second kappa shape index (κ2) is 8.90. The van der Waals surface area contributed by atoms with Crippen LogP contribution in [0.4, 0.5) is 0 Å². The number of esters is 1. The van der Waals surface area contributed by atoms with Crippen molar-refractivity contribution in [2.24, 2.45) is 0 Å². The summed E-state index contributed by atoms with van der Waals surface area (Å²) in [5, 5.41) is 3.31. The van der Waals surface area contributed by atoms with Crippen molar-refractivity contribution in [3.63, 3.8) is 0 Å². The third-order valence-electron chi connectivity index (χ3n) is 3.32. The summed E-state index contributed by atoms with van der Waals surface area (Å²) in [4.78, 5) is 12.1. The van der Waals surface area contributed by atoms with Crippen LogP contribution < -0.4 is 5.32 Å². The van der Waals surface area contributed by atoms with Gasteiger partial charge in [0.15, 0.2) is 0 Å². The van der Waals surface area contributed by atoms with Gasteiger partial charge < -0.3 is 10.1 Å². The van der Waals surface area contributed by atoms with Crippen LogP contribution in [0.25, 0.3) is 0 Å². The van der Waals surface area contributed by atoms with E-state index in [0.717, 1.165) is 11.1 Å². The molecule has 0 saturated carbocycles. The highest BCUT2D eigenvalue weighted by Crippen LogP contribution is 2.10. The molecule has 0 aromatic heterocycles. The molecular weight excluding hydrogens is 389 g/mol. The molecule has 3 nitrogen and oxygen atoms in total. The molecule has 116 valence electrons. The van der Waals surface area contributed by atoms with Crippen LogP contribution in [0, 0.1) is 3.57 Å². The molecule has 0 heterocycles. The van der Waals surface area contributed by atoms with Crippen molar-refractivity contribution in [3.05, 3.63) is 69.3 Å². The maximum Gasteiger partial charge on any atom is 0.323 e. The minimum Gasteiger partial charge on any atom is -0.465 e. The topological polar surface area (TPSA) is 38.3 Å². The van der Waals surface area contributed by atoms with Crippen LogP contribution in [0.2, 0.25) is 0 Å². The molecule has 0 amide bonds. The number of ether oxygens (including phenoxy) is 1. The fourth-order valence-electron chi connectivity index (χ4n) is 2.17. The predicted molar refractivity (Wildman–Crippen MR) is 96.6 cm³/mol. The Bertz CT molecular complexity index is 584.